The van der Waals surface area contributed by atoms with Crippen molar-refractivity contribution in [3.63, 3.8) is 0 Å². The lowest BCUT2D eigenvalue weighted by atomic mass is 10.0. The first-order valence-electron chi connectivity index (χ1n) is 5.84. The first-order valence-corrected chi connectivity index (χ1v) is 5.84. The molecule has 0 atom stereocenters. The number of nitrogen functional groups attached to an aromatic ring is 2. The molecule has 0 aromatic carbocycles. The van der Waals surface area contributed by atoms with Crippen LogP contribution in [0, 0.1) is 5.92 Å². The molecule has 0 aliphatic carbocycles. The topological polar surface area (TPSA) is 99.4 Å². The van der Waals surface area contributed by atoms with Crippen molar-refractivity contribution in [1.29, 1.82) is 0 Å². The van der Waals surface area contributed by atoms with Gasteiger partial charge in [-0.1, -0.05) is 20.4 Å². The monoisotopic (exact) mass is 261 g/mol. The molecule has 1 aromatic rings. The third kappa shape index (κ3) is 3.80. The summed E-state index contributed by atoms with van der Waals surface area (Å²) in [6, 6.07) is 0. The van der Waals surface area contributed by atoms with Crippen LogP contribution < -0.4 is 16.2 Å². The maximum absolute atomic E-state index is 5.73. The number of aliphatic imine (C=N–C) groups is 1. The molecule has 0 aliphatic heterocycles. The summed E-state index contributed by atoms with van der Waals surface area (Å²) in [5.41, 5.74) is 12.1. The first kappa shape index (κ1) is 14.7. The Morgan fingerprint density at radius 3 is 2.63 bits per heavy atom. The molecule has 0 fully saturated rings. The molecule has 1 aromatic heterocycles. The Balaban J connectivity index is 3.17. The lowest BCUT2D eigenvalue weighted by Crippen LogP contribution is -2.08. The van der Waals surface area contributed by atoms with Crippen molar-refractivity contribution in [2.75, 3.05) is 18.5 Å². The van der Waals surface area contributed by atoms with Crippen LogP contribution in [0.15, 0.2) is 35.2 Å². The minimum atomic E-state index is 0.105. The fourth-order valence-corrected chi connectivity index (χ4v) is 1.45. The van der Waals surface area contributed by atoms with Crippen LogP contribution in [0.25, 0.3) is 0 Å². The lowest BCUT2D eigenvalue weighted by molar-refractivity contribution is 0.433. The number of rotatable bonds is 5. The fourth-order valence-electron chi connectivity index (χ4n) is 1.45. The van der Waals surface area contributed by atoms with Gasteiger partial charge in [0.1, 0.15) is 5.76 Å². The predicted molar refractivity (Wildman–Crippen MR) is 78.0 cm³/mol. The van der Waals surface area contributed by atoms with Crippen molar-refractivity contribution in [2.45, 2.75) is 13.8 Å². The third-order valence-corrected chi connectivity index (χ3v) is 2.38. The molecule has 4 N–H and O–H groups in total. The SMILES string of the molecule is C=C/C(Oc1cnc(N)nc1N)=C(\C=N/C)C(C)C. The molecule has 0 unspecified atom stereocenters. The minimum absolute atomic E-state index is 0.105. The van der Waals surface area contributed by atoms with Crippen LogP contribution in [0.2, 0.25) is 0 Å². The van der Waals surface area contributed by atoms with Crippen LogP contribution in [-0.4, -0.2) is 23.2 Å². The Kier molecular flexibility index (Phi) is 5.05. The van der Waals surface area contributed by atoms with E-state index in [1.807, 2.05) is 13.8 Å². The van der Waals surface area contributed by atoms with E-state index in [9.17, 15) is 0 Å². The molecule has 0 bridgehead atoms. The summed E-state index contributed by atoms with van der Waals surface area (Å²) in [5, 5.41) is 0. The van der Waals surface area contributed by atoms with Gasteiger partial charge >= 0.3 is 0 Å². The zero-order chi connectivity index (χ0) is 14.4. The number of nitrogens with zero attached hydrogens (tertiary/aromatic N) is 3. The highest BCUT2D eigenvalue weighted by Gasteiger charge is 2.11. The van der Waals surface area contributed by atoms with E-state index in [1.54, 1.807) is 19.3 Å². The molecule has 6 nitrogen and oxygen atoms in total. The van der Waals surface area contributed by atoms with Gasteiger partial charge in [0, 0.05) is 18.8 Å². The summed E-state index contributed by atoms with van der Waals surface area (Å²) < 4.78 is 5.69. The number of nitrogens with two attached hydrogens (primary N) is 2. The van der Waals surface area contributed by atoms with Gasteiger partial charge in [-0.2, -0.15) is 4.98 Å². The second-order valence-corrected chi connectivity index (χ2v) is 4.15. The van der Waals surface area contributed by atoms with E-state index in [-0.39, 0.29) is 17.7 Å². The first-order chi connectivity index (χ1) is 8.99. The zero-order valence-electron chi connectivity index (χ0n) is 11.4. The van der Waals surface area contributed by atoms with Crippen molar-refractivity contribution >= 4 is 18.0 Å². The molecule has 0 saturated heterocycles. The molecule has 102 valence electrons. The number of allylic oxidation sites excluding steroid dienone is 2. The number of anilines is 2. The van der Waals surface area contributed by atoms with Crippen molar-refractivity contribution in [3.8, 4) is 5.75 Å². The van der Waals surface area contributed by atoms with E-state index < -0.39 is 0 Å². The zero-order valence-corrected chi connectivity index (χ0v) is 11.4. The van der Waals surface area contributed by atoms with Crippen LogP contribution in [0.4, 0.5) is 11.8 Å². The van der Waals surface area contributed by atoms with Crippen molar-refractivity contribution in [3.05, 3.63) is 30.2 Å². The highest BCUT2D eigenvalue weighted by Crippen LogP contribution is 2.23. The number of hydrogen-bond acceptors (Lipinski definition) is 6. The fraction of sp³-hybridized carbons (Fsp3) is 0.308. The highest BCUT2D eigenvalue weighted by molar-refractivity contribution is 5.80. The summed E-state index contributed by atoms with van der Waals surface area (Å²) in [4.78, 5) is 11.7. The van der Waals surface area contributed by atoms with Crippen LogP contribution >= 0.6 is 0 Å². The predicted octanol–water partition coefficient (Wildman–Crippen LogP) is 1.82. The maximum Gasteiger partial charge on any atom is 0.222 e. The number of ether oxygens (including phenoxy) is 1. The Morgan fingerprint density at radius 2 is 2.16 bits per heavy atom. The van der Waals surface area contributed by atoms with E-state index in [0.717, 1.165) is 5.57 Å². The molecular formula is C13H19N5O. The molecule has 19 heavy (non-hydrogen) atoms. The van der Waals surface area contributed by atoms with Gasteiger partial charge in [-0.3, -0.25) is 4.99 Å². The van der Waals surface area contributed by atoms with Gasteiger partial charge in [0.15, 0.2) is 11.6 Å². The van der Waals surface area contributed by atoms with Gasteiger partial charge in [0.05, 0.1) is 6.20 Å². The second-order valence-electron chi connectivity index (χ2n) is 4.15. The van der Waals surface area contributed by atoms with Gasteiger partial charge < -0.3 is 16.2 Å². The van der Waals surface area contributed by atoms with Crippen molar-refractivity contribution in [1.82, 2.24) is 9.97 Å². The molecule has 1 rings (SSSR count). The van der Waals surface area contributed by atoms with Crippen molar-refractivity contribution in [2.24, 2.45) is 10.9 Å². The average Bonchev–Trinajstić information content (AvgIpc) is 2.35. The molecular weight excluding hydrogens is 242 g/mol. The van der Waals surface area contributed by atoms with Crippen LogP contribution in [0.1, 0.15) is 13.8 Å². The highest BCUT2D eigenvalue weighted by atomic mass is 16.5. The summed E-state index contributed by atoms with van der Waals surface area (Å²) >= 11 is 0. The molecule has 0 spiro atoms. The number of hydrogen-bond donors (Lipinski definition) is 2. The lowest BCUT2D eigenvalue weighted by Gasteiger charge is -2.14. The molecule has 1 heterocycles. The molecule has 0 radical (unpaired) electrons. The van der Waals surface area contributed by atoms with Gasteiger partial charge in [-0.15, -0.1) is 0 Å². The largest absolute Gasteiger partial charge is 0.452 e. The molecule has 0 aliphatic rings. The van der Waals surface area contributed by atoms with E-state index >= 15 is 0 Å². The average molecular weight is 261 g/mol. The normalized spacial score (nSPS) is 12.6. The van der Waals surface area contributed by atoms with Crippen molar-refractivity contribution < 1.29 is 4.74 Å². The molecule has 0 amide bonds. The number of aromatic nitrogens is 2. The summed E-state index contributed by atoms with van der Waals surface area (Å²) in [5.74, 6) is 1.43. The third-order valence-electron chi connectivity index (χ3n) is 2.38. The standard InChI is InChI=1S/C13H19N5O/c1-5-10(9(6-16-4)8(2)3)19-11-7-17-13(15)18-12(11)14/h5-8H,1H2,2-4H3,(H4,14,15,17,18)/b10-9-,16-6-. The molecule has 6 heteroatoms. The van der Waals surface area contributed by atoms with Gasteiger partial charge in [0.25, 0.3) is 0 Å². The van der Waals surface area contributed by atoms with E-state index in [1.165, 1.54) is 6.20 Å². The summed E-state index contributed by atoms with van der Waals surface area (Å²) in [7, 11) is 1.70. The second kappa shape index (κ2) is 6.53. The van der Waals surface area contributed by atoms with Gasteiger partial charge in [-0.05, 0) is 12.0 Å². The summed E-state index contributed by atoms with van der Waals surface area (Å²) in [6.45, 7) is 7.81. The van der Waals surface area contributed by atoms with Crippen LogP contribution in [-0.2, 0) is 0 Å². The maximum atomic E-state index is 5.73. The Hall–Kier alpha value is -2.37. The Labute approximate surface area is 112 Å². The minimum Gasteiger partial charge on any atom is -0.452 e. The van der Waals surface area contributed by atoms with Crippen LogP contribution in [0.3, 0.4) is 0 Å². The summed E-state index contributed by atoms with van der Waals surface area (Å²) in [6.07, 6.45) is 4.77. The van der Waals surface area contributed by atoms with E-state index in [2.05, 4.69) is 21.5 Å². The van der Waals surface area contributed by atoms with Gasteiger partial charge in [0.2, 0.25) is 5.95 Å². The molecule has 0 saturated carbocycles. The van der Waals surface area contributed by atoms with Crippen LogP contribution in [0.5, 0.6) is 5.75 Å². The Bertz CT molecular complexity index is 520. The smallest absolute Gasteiger partial charge is 0.222 e. The quantitative estimate of drug-likeness (QED) is 0.478. The Morgan fingerprint density at radius 1 is 1.47 bits per heavy atom. The van der Waals surface area contributed by atoms with E-state index in [4.69, 9.17) is 16.2 Å². The van der Waals surface area contributed by atoms with Gasteiger partial charge in [-0.25, -0.2) is 4.98 Å². The van der Waals surface area contributed by atoms with E-state index in [0.29, 0.717) is 11.5 Å².